The lowest BCUT2D eigenvalue weighted by atomic mass is 10.2. The summed E-state index contributed by atoms with van der Waals surface area (Å²) in [6.07, 6.45) is 4.38. The molecule has 0 bridgehead atoms. The molecule has 19 heavy (non-hydrogen) atoms. The van der Waals surface area contributed by atoms with Gasteiger partial charge in [0.25, 0.3) is 0 Å². The van der Waals surface area contributed by atoms with Crippen LogP contribution in [0.5, 0.6) is 5.75 Å². The van der Waals surface area contributed by atoms with E-state index in [0.29, 0.717) is 13.0 Å². The second-order valence-corrected chi connectivity index (χ2v) is 7.40. The van der Waals surface area contributed by atoms with Gasteiger partial charge in [-0.05, 0) is 37.0 Å². The molecular weight excluding hydrogens is 284 g/mol. The van der Waals surface area contributed by atoms with Crippen molar-refractivity contribution in [2.75, 3.05) is 12.4 Å². The van der Waals surface area contributed by atoms with Crippen molar-refractivity contribution >= 4 is 19.7 Å². The summed E-state index contributed by atoms with van der Waals surface area (Å²) in [7, 11) is 1.80. The van der Waals surface area contributed by atoms with Gasteiger partial charge >= 0.3 is 0 Å². The van der Waals surface area contributed by atoms with Crippen molar-refractivity contribution in [2.24, 2.45) is 0 Å². The number of hydrogen-bond donors (Lipinski definition) is 0. The third-order valence-electron chi connectivity index (χ3n) is 2.86. The number of benzene rings is 1. The van der Waals surface area contributed by atoms with E-state index in [-0.39, 0.29) is 5.75 Å². The van der Waals surface area contributed by atoms with E-state index in [1.54, 1.807) is 0 Å². The van der Waals surface area contributed by atoms with Crippen LogP contribution in [0.4, 0.5) is 0 Å². The molecule has 0 saturated heterocycles. The molecule has 0 N–H and O–H groups in total. The van der Waals surface area contributed by atoms with Crippen molar-refractivity contribution in [3.63, 3.8) is 0 Å². The van der Waals surface area contributed by atoms with Crippen molar-refractivity contribution in [1.29, 1.82) is 0 Å². The van der Waals surface area contributed by atoms with Crippen molar-refractivity contribution in [1.82, 2.24) is 0 Å². The highest BCUT2D eigenvalue weighted by Gasteiger charge is 2.03. The molecule has 1 aromatic carbocycles. The predicted octanol–water partition coefficient (Wildman–Crippen LogP) is 3.76. The maximum Gasteiger partial charge on any atom is 0.232 e. The lowest BCUT2D eigenvalue weighted by Gasteiger charge is -2.07. The van der Waals surface area contributed by atoms with Crippen LogP contribution >= 0.6 is 10.7 Å². The van der Waals surface area contributed by atoms with Crippen LogP contribution in [0.15, 0.2) is 24.3 Å². The molecule has 0 radical (unpaired) electrons. The van der Waals surface area contributed by atoms with E-state index in [4.69, 9.17) is 15.4 Å². The average Bonchev–Trinajstić information content (AvgIpc) is 2.36. The third-order valence-corrected chi connectivity index (χ3v) is 4.10. The first-order valence-electron chi connectivity index (χ1n) is 6.65. The van der Waals surface area contributed by atoms with Gasteiger partial charge in [-0.15, -0.1) is 0 Å². The van der Waals surface area contributed by atoms with Gasteiger partial charge in [0, 0.05) is 10.7 Å². The summed E-state index contributed by atoms with van der Waals surface area (Å²) < 4.78 is 27.1. The zero-order valence-electron chi connectivity index (χ0n) is 11.3. The molecule has 0 saturated carbocycles. The molecule has 0 heterocycles. The zero-order valence-corrected chi connectivity index (χ0v) is 12.8. The standard InChI is InChI=1S/C14H21ClO3S/c1-2-13-8-7-9-14(12-13)18-10-5-3-4-6-11-19(15,16)17/h7-9,12H,2-6,10-11H2,1H3. The van der Waals surface area contributed by atoms with E-state index in [1.165, 1.54) is 5.56 Å². The molecule has 0 amide bonds. The molecule has 1 rings (SSSR count). The van der Waals surface area contributed by atoms with Crippen molar-refractivity contribution in [2.45, 2.75) is 39.0 Å². The van der Waals surface area contributed by atoms with Gasteiger partial charge < -0.3 is 4.74 Å². The molecule has 3 nitrogen and oxygen atoms in total. The van der Waals surface area contributed by atoms with Crippen LogP contribution in [0.2, 0.25) is 0 Å². The zero-order chi connectivity index (χ0) is 14.1. The molecule has 0 spiro atoms. The van der Waals surface area contributed by atoms with E-state index in [2.05, 4.69) is 19.1 Å². The second-order valence-electron chi connectivity index (χ2n) is 4.51. The second kappa shape index (κ2) is 8.43. The Bertz CT molecular complexity index is 471. The fraction of sp³-hybridized carbons (Fsp3) is 0.571. The van der Waals surface area contributed by atoms with Crippen LogP contribution in [-0.2, 0) is 15.5 Å². The summed E-state index contributed by atoms with van der Waals surface area (Å²) >= 11 is 0. The quantitative estimate of drug-likeness (QED) is 0.515. The molecule has 0 aliphatic heterocycles. The minimum absolute atomic E-state index is 0.0635. The molecule has 0 fully saturated rings. The minimum Gasteiger partial charge on any atom is -0.494 e. The number of rotatable bonds is 9. The Morgan fingerprint density at radius 1 is 1.16 bits per heavy atom. The maximum absolute atomic E-state index is 10.7. The Kier molecular flexibility index (Phi) is 7.24. The molecule has 0 atom stereocenters. The van der Waals surface area contributed by atoms with E-state index in [0.717, 1.165) is 31.4 Å². The normalized spacial score (nSPS) is 11.5. The van der Waals surface area contributed by atoms with Crippen LogP contribution in [0.3, 0.4) is 0 Å². The van der Waals surface area contributed by atoms with Crippen molar-refractivity contribution in [3.8, 4) is 5.75 Å². The first-order chi connectivity index (χ1) is 9.01. The number of unbranched alkanes of at least 4 members (excludes halogenated alkanes) is 3. The van der Waals surface area contributed by atoms with Gasteiger partial charge in [0.1, 0.15) is 5.75 Å². The monoisotopic (exact) mass is 304 g/mol. The molecule has 108 valence electrons. The molecule has 5 heteroatoms. The van der Waals surface area contributed by atoms with Crippen LogP contribution < -0.4 is 4.74 Å². The van der Waals surface area contributed by atoms with E-state index >= 15 is 0 Å². The lowest BCUT2D eigenvalue weighted by molar-refractivity contribution is 0.305. The summed E-state index contributed by atoms with van der Waals surface area (Å²) in [4.78, 5) is 0. The van der Waals surface area contributed by atoms with Gasteiger partial charge in [0.05, 0.1) is 12.4 Å². The summed E-state index contributed by atoms with van der Waals surface area (Å²) in [6, 6.07) is 8.10. The van der Waals surface area contributed by atoms with Gasteiger partial charge in [-0.3, -0.25) is 0 Å². The minimum atomic E-state index is -3.33. The highest BCUT2D eigenvalue weighted by atomic mass is 35.7. The van der Waals surface area contributed by atoms with E-state index in [9.17, 15) is 8.42 Å². The van der Waals surface area contributed by atoms with Gasteiger partial charge in [0.15, 0.2) is 0 Å². The van der Waals surface area contributed by atoms with Crippen LogP contribution in [0, 0.1) is 0 Å². The Morgan fingerprint density at radius 2 is 1.89 bits per heavy atom. The summed E-state index contributed by atoms with van der Waals surface area (Å²) in [5.41, 5.74) is 1.27. The van der Waals surface area contributed by atoms with Crippen LogP contribution in [-0.4, -0.2) is 20.8 Å². The van der Waals surface area contributed by atoms with Crippen LogP contribution in [0.1, 0.15) is 38.2 Å². The average molecular weight is 305 g/mol. The molecule has 0 aliphatic rings. The first kappa shape index (κ1) is 16.3. The van der Waals surface area contributed by atoms with E-state index < -0.39 is 9.05 Å². The number of hydrogen-bond acceptors (Lipinski definition) is 3. The third kappa shape index (κ3) is 8.11. The predicted molar refractivity (Wildman–Crippen MR) is 79.4 cm³/mol. The summed E-state index contributed by atoms with van der Waals surface area (Å²) in [5.74, 6) is 0.969. The highest BCUT2D eigenvalue weighted by Crippen LogP contribution is 2.14. The number of aryl methyl sites for hydroxylation is 1. The van der Waals surface area contributed by atoms with Crippen molar-refractivity contribution in [3.05, 3.63) is 29.8 Å². The Hall–Kier alpha value is -0.740. The molecule has 1 aromatic rings. The highest BCUT2D eigenvalue weighted by molar-refractivity contribution is 8.13. The van der Waals surface area contributed by atoms with Gasteiger partial charge in [-0.25, -0.2) is 8.42 Å². The van der Waals surface area contributed by atoms with Gasteiger partial charge in [0.2, 0.25) is 9.05 Å². The Labute approximate surface area is 120 Å². The van der Waals surface area contributed by atoms with E-state index in [1.807, 2.05) is 12.1 Å². The maximum atomic E-state index is 10.7. The molecular formula is C14H21ClO3S. The Morgan fingerprint density at radius 3 is 2.58 bits per heavy atom. The number of ether oxygens (including phenoxy) is 1. The molecule has 0 aromatic heterocycles. The number of halogens is 1. The topological polar surface area (TPSA) is 43.4 Å². The first-order valence-corrected chi connectivity index (χ1v) is 9.13. The molecule has 0 unspecified atom stereocenters. The lowest BCUT2D eigenvalue weighted by Crippen LogP contribution is -2.00. The summed E-state index contributed by atoms with van der Waals surface area (Å²) in [6.45, 7) is 2.78. The fourth-order valence-electron chi connectivity index (χ4n) is 1.78. The smallest absolute Gasteiger partial charge is 0.232 e. The fourth-order valence-corrected chi connectivity index (χ4v) is 2.65. The molecule has 0 aliphatic carbocycles. The van der Waals surface area contributed by atoms with Crippen LogP contribution in [0.25, 0.3) is 0 Å². The SMILES string of the molecule is CCc1cccc(OCCCCCCS(=O)(=O)Cl)c1. The largest absolute Gasteiger partial charge is 0.494 e. The summed E-state index contributed by atoms with van der Waals surface area (Å²) in [5, 5.41) is 0. The van der Waals surface area contributed by atoms with Crippen molar-refractivity contribution < 1.29 is 13.2 Å². The Balaban J connectivity index is 2.10. The van der Waals surface area contributed by atoms with Gasteiger partial charge in [-0.2, -0.15) is 0 Å². The van der Waals surface area contributed by atoms with Gasteiger partial charge in [-0.1, -0.05) is 31.9 Å².